The average molecular weight is 471 g/mol. The quantitative estimate of drug-likeness (QED) is 0.378. The first-order chi connectivity index (χ1) is 16.9. The highest BCUT2D eigenvalue weighted by Gasteiger charge is 2.43. The third kappa shape index (κ3) is 3.86. The Bertz CT molecular complexity index is 1410. The fourth-order valence-corrected chi connectivity index (χ4v) is 4.71. The number of hydrogen-bond acceptors (Lipinski definition) is 6. The second kappa shape index (κ2) is 8.79. The van der Waals surface area contributed by atoms with Gasteiger partial charge in [0.15, 0.2) is 11.5 Å². The summed E-state index contributed by atoms with van der Waals surface area (Å²) in [5.74, 6) is 0.287. The summed E-state index contributed by atoms with van der Waals surface area (Å²) in [5, 5.41) is 28.6. The van der Waals surface area contributed by atoms with Crippen molar-refractivity contribution in [1.29, 1.82) is 0 Å². The molecule has 35 heavy (non-hydrogen) atoms. The number of carbonyl (C=O) groups excluding carboxylic acids is 1. The van der Waals surface area contributed by atoms with Gasteiger partial charge in [-0.25, -0.2) is 0 Å². The van der Waals surface area contributed by atoms with Crippen LogP contribution >= 0.6 is 0 Å². The molecular formula is C27H26N4O4. The van der Waals surface area contributed by atoms with Gasteiger partial charge in [0.1, 0.15) is 17.1 Å². The SMILES string of the molecule is CCOc1cc([C@H]2c3c(-c4cc(C)cc(C)c4O)n[nH]c3C(=O)N2Cc2cccnc2)ccc1O. The number of hydrogen-bond donors (Lipinski definition) is 3. The summed E-state index contributed by atoms with van der Waals surface area (Å²) >= 11 is 0. The lowest BCUT2D eigenvalue weighted by atomic mass is 9.93. The van der Waals surface area contributed by atoms with E-state index in [0.717, 1.165) is 22.3 Å². The van der Waals surface area contributed by atoms with Gasteiger partial charge in [-0.3, -0.25) is 14.9 Å². The van der Waals surface area contributed by atoms with Crippen molar-refractivity contribution in [2.45, 2.75) is 33.4 Å². The Morgan fingerprint density at radius 1 is 1.14 bits per heavy atom. The number of carbonyl (C=O) groups is 1. The smallest absolute Gasteiger partial charge is 0.273 e. The average Bonchev–Trinajstić information content (AvgIpc) is 3.38. The summed E-state index contributed by atoms with van der Waals surface area (Å²) in [6.45, 7) is 6.34. The van der Waals surface area contributed by atoms with Gasteiger partial charge in [-0.05, 0) is 67.3 Å². The van der Waals surface area contributed by atoms with Crippen LogP contribution in [0.25, 0.3) is 11.3 Å². The van der Waals surface area contributed by atoms with Crippen molar-refractivity contribution in [3.05, 3.63) is 88.4 Å². The predicted molar refractivity (Wildman–Crippen MR) is 130 cm³/mol. The first-order valence-corrected chi connectivity index (χ1v) is 11.4. The molecule has 8 nitrogen and oxygen atoms in total. The number of benzene rings is 2. The Balaban J connectivity index is 1.70. The standard InChI is InChI=1S/C27H26N4O4/c1-4-35-21-12-18(7-8-20(21)32)25-22-23(19-11-15(2)10-16(3)26(19)33)29-30-24(22)27(34)31(25)14-17-6-5-9-28-13-17/h5-13,25,32-33H,4,14H2,1-3H3,(H,29,30)/t25-/m0/s1. The molecule has 0 unspecified atom stereocenters. The first-order valence-electron chi connectivity index (χ1n) is 11.4. The summed E-state index contributed by atoms with van der Waals surface area (Å²) in [6.07, 6.45) is 3.42. The zero-order chi connectivity index (χ0) is 24.7. The number of H-pyrrole nitrogens is 1. The molecule has 1 aliphatic rings. The van der Waals surface area contributed by atoms with E-state index in [0.29, 0.717) is 41.4 Å². The van der Waals surface area contributed by atoms with E-state index < -0.39 is 6.04 Å². The summed E-state index contributed by atoms with van der Waals surface area (Å²) in [4.78, 5) is 19.5. The van der Waals surface area contributed by atoms with E-state index in [1.807, 2.05) is 45.0 Å². The van der Waals surface area contributed by atoms with Crippen molar-refractivity contribution in [3.8, 4) is 28.5 Å². The predicted octanol–water partition coefficient (Wildman–Crippen LogP) is 4.64. The number of aromatic hydroxyl groups is 2. The molecule has 0 spiro atoms. The lowest BCUT2D eigenvalue weighted by molar-refractivity contribution is 0.0729. The minimum atomic E-state index is -0.522. The zero-order valence-electron chi connectivity index (χ0n) is 19.7. The van der Waals surface area contributed by atoms with Crippen LogP contribution in [-0.2, 0) is 6.54 Å². The van der Waals surface area contributed by atoms with Crippen molar-refractivity contribution >= 4 is 5.91 Å². The maximum absolute atomic E-state index is 13.6. The lowest BCUT2D eigenvalue weighted by Crippen LogP contribution is -2.29. The molecule has 0 saturated carbocycles. The van der Waals surface area contributed by atoms with Gasteiger partial charge in [-0.1, -0.05) is 18.2 Å². The van der Waals surface area contributed by atoms with Gasteiger partial charge in [-0.2, -0.15) is 5.10 Å². The number of nitrogens with zero attached hydrogens (tertiary/aromatic N) is 3. The number of pyridine rings is 1. The van der Waals surface area contributed by atoms with Crippen LogP contribution < -0.4 is 4.74 Å². The minimum Gasteiger partial charge on any atom is -0.507 e. The topological polar surface area (TPSA) is 112 Å². The van der Waals surface area contributed by atoms with Gasteiger partial charge in [0, 0.05) is 30.1 Å². The Kier molecular flexibility index (Phi) is 5.64. The molecule has 1 amide bonds. The first kappa shape index (κ1) is 22.5. The van der Waals surface area contributed by atoms with Gasteiger partial charge < -0.3 is 19.8 Å². The summed E-state index contributed by atoms with van der Waals surface area (Å²) in [6, 6.07) is 12.1. The van der Waals surface area contributed by atoms with Crippen molar-refractivity contribution in [1.82, 2.24) is 20.1 Å². The zero-order valence-corrected chi connectivity index (χ0v) is 19.7. The highest BCUT2D eigenvalue weighted by atomic mass is 16.5. The molecule has 0 radical (unpaired) electrons. The van der Waals surface area contributed by atoms with Crippen molar-refractivity contribution < 1.29 is 19.7 Å². The molecule has 0 saturated heterocycles. The molecule has 0 bridgehead atoms. The normalized spacial score (nSPS) is 14.9. The fourth-order valence-electron chi connectivity index (χ4n) is 4.71. The van der Waals surface area contributed by atoms with Crippen LogP contribution in [0.1, 0.15) is 51.3 Å². The number of fused-ring (bicyclic) bond motifs is 1. The summed E-state index contributed by atoms with van der Waals surface area (Å²) in [7, 11) is 0. The van der Waals surface area contributed by atoms with Crippen LogP contribution in [0.2, 0.25) is 0 Å². The molecule has 3 heterocycles. The van der Waals surface area contributed by atoms with E-state index in [1.165, 1.54) is 0 Å². The van der Waals surface area contributed by atoms with E-state index in [2.05, 4.69) is 15.2 Å². The van der Waals surface area contributed by atoms with Crippen LogP contribution in [0.15, 0.2) is 54.9 Å². The van der Waals surface area contributed by atoms with Crippen LogP contribution in [0.5, 0.6) is 17.2 Å². The lowest BCUT2D eigenvalue weighted by Gasteiger charge is -2.27. The number of amides is 1. The van der Waals surface area contributed by atoms with E-state index in [9.17, 15) is 15.0 Å². The fraction of sp³-hybridized carbons (Fsp3) is 0.222. The largest absolute Gasteiger partial charge is 0.507 e. The maximum Gasteiger partial charge on any atom is 0.273 e. The summed E-state index contributed by atoms with van der Waals surface area (Å²) < 4.78 is 5.63. The Labute approximate surface area is 202 Å². The van der Waals surface area contributed by atoms with Crippen LogP contribution in [0.3, 0.4) is 0 Å². The molecule has 5 rings (SSSR count). The van der Waals surface area contributed by atoms with E-state index in [4.69, 9.17) is 4.74 Å². The van der Waals surface area contributed by atoms with E-state index in [-0.39, 0.29) is 17.4 Å². The number of aromatic amines is 1. The van der Waals surface area contributed by atoms with Crippen molar-refractivity contribution in [3.63, 3.8) is 0 Å². The molecule has 3 N–H and O–H groups in total. The van der Waals surface area contributed by atoms with Gasteiger partial charge in [-0.15, -0.1) is 0 Å². The number of phenols is 2. The number of nitrogens with one attached hydrogen (secondary N) is 1. The number of ether oxygens (including phenoxy) is 1. The van der Waals surface area contributed by atoms with E-state index >= 15 is 0 Å². The molecule has 0 fully saturated rings. The molecule has 1 aliphatic heterocycles. The molecule has 178 valence electrons. The monoisotopic (exact) mass is 470 g/mol. The van der Waals surface area contributed by atoms with Gasteiger partial charge in [0.05, 0.1) is 12.6 Å². The third-order valence-electron chi connectivity index (χ3n) is 6.24. The second-order valence-corrected chi connectivity index (χ2v) is 8.70. The van der Waals surface area contributed by atoms with Crippen LogP contribution in [0.4, 0.5) is 0 Å². The molecule has 0 aliphatic carbocycles. The molecular weight excluding hydrogens is 444 g/mol. The van der Waals surface area contributed by atoms with Crippen LogP contribution in [0, 0.1) is 13.8 Å². The van der Waals surface area contributed by atoms with Crippen LogP contribution in [-0.4, -0.2) is 42.8 Å². The van der Waals surface area contributed by atoms with Gasteiger partial charge in [0.2, 0.25) is 0 Å². The van der Waals surface area contributed by atoms with Crippen molar-refractivity contribution in [2.24, 2.45) is 0 Å². The van der Waals surface area contributed by atoms with Crippen molar-refractivity contribution in [2.75, 3.05) is 6.61 Å². The number of rotatable bonds is 6. The molecule has 2 aromatic carbocycles. The van der Waals surface area contributed by atoms with E-state index in [1.54, 1.807) is 35.5 Å². The minimum absolute atomic E-state index is 0.0262. The molecule has 2 aromatic heterocycles. The number of aromatic nitrogens is 3. The Morgan fingerprint density at radius 3 is 2.71 bits per heavy atom. The summed E-state index contributed by atoms with van der Waals surface area (Å²) in [5.41, 5.74) is 5.46. The second-order valence-electron chi connectivity index (χ2n) is 8.70. The van der Waals surface area contributed by atoms with Gasteiger partial charge >= 0.3 is 0 Å². The highest BCUT2D eigenvalue weighted by Crippen LogP contribution is 2.47. The third-order valence-corrected chi connectivity index (χ3v) is 6.24. The number of phenolic OH excluding ortho intramolecular Hbond substituents is 2. The maximum atomic E-state index is 13.6. The van der Waals surface area contributed by atoms with Gasteiger partial charge in [0.25, 0.3) is 5.91 Å². The highest BCUT2D eigenvalue weighted by molar-refractivity contribution is 6.00. The molecule has 1 atom stereocenters. The Morgan fingerprint density at radius 2 is 1.97 bits per heavy atom. The Hall–Kier alpha value is -4.33. The molecule has 8 heteroatoms. The molecule has 4 aromatic rings. The number of aryl methyl sites for hydroxylation is 2.